The number of rotatable bonds is 3. The Bertz CT molecular complexity index is 467. The largest absolute Gasteiger partial charge is 0.444 e. The molecule has 2 unspecified atom stereocenters. The van der Waals surface area contributed by atoms with Crippen molar-refractivity contribution in [2.75, 3.05) is 19.7 Å². The van der Waals surface area contributed by atoms with E-state index < -0.39 is 24.9 Å². The molecule has 1 amide bonds. The predicted octanol–water partition coefficient (Wildman–Crippen LogP) is 3.39. The van der Waals surface area contributed by atoms with Crippen molar-refractivity contribution < 1.29 is 23.5 Å². The molecule has 2 aliphatic rings. The molecule has 22 heavy (non-hydrogen) atoms. The van der Waals surface area contributed by atoms with E-state index in [1.165, 1.54) is 0 Å². The molecule has 2 rings (SSSR count). The van der Waals surface area contributed by atoms with Crippen LogP contribution >= 0.6 is 7.60 Å². The highest BCUT2D eigenvalue weighted by Crippen LogP contribution is 2.62. The molecule has 0 radical (unpaired) electrons. The highest BCUT2D eigenvalue weighted by molar-refractivity contribution is 7.53. The zero-order chi connectivity index (χ0) is 16.6. The fourth-order valence-corrected chi connectivity index (χ4v) is 5.70. The van der Waals surface area contributed by atoms with Crippen molar-refractivity contribution in [1.29, 1.82) is 0 Å². The molecule has 1 saturated heterocycles. The second-order valence-electron chi connectivity index (χ2n) is 7.43. The van der Waals surface area contributed by atoms with Crippen LogP contribution in [0.2, 0.25) is 0 Å². The van der Waals surface area contributed by atoms with Gasteiger partial charge in [0.25, 0.3) is 0 Å². The van der Waals surface area contributed by atoms with Gasteiger partial charge in [0.15, 0.2) is 0 Å². The lowest BCUT2D eigenvalue weighted by atomic mass is 9.85. The molecule has 0 aromatic heterocycles. The third-order valence-corrected chi connectivity index (χ3v) is 6.69. The third kappa shape index (κ3) is 3.66. The first-order chi connectivity index (χ1) is 10.1. The van der Waals surface area contributed by atoms with E-state index in [9.17, 15) is 14.3 Å². The van der Waals surface area contributed by atoms with Gasteiger partial charge in [0, 0.05) is 18.5 Å². The van der Waals surface area contributed by atoms with Gasteiger partial charge in [-0.1, -0.05) is 12.8 Å². The van der Waals surface area contributed by atoms with Crippen LogP contribution in [0.15, 0.2) is 0 Å². The normalized spacial score (nSPS) is 27.1. The minimum absolute atomic E-state index is 0.201. The van der Waals surface area contributed by atoms with Crippen LogP contribution < -0.4 is 0 Å². The Morgan fingerprint density at radius 1 is 1.36 bits per heavy atom. The molecule has 6 nitrogen and oxygen atoms in total. The van der Waals surface area contributed by atoms with E-state index in [-0.39, 0.29) is 18.6 Å². The number of hydrogen-bond donors (Lipinski definition) is 1. The highest BCUT2D eigenvalue weighted by Gasteiger charge is 2.57. The molecule has 1 aliphatic carbocycles. The number of hydrogen-bond acceptors (Lipinski definition) is 4. The zero-order valence-electron chi connectivity index (χ0n) is 14.0. The Labute approximate surface area is 132 Å². The van der Waals surface area contributed by atoms with Crippen molar-refractivity contribution >= 4 is 13.7 Å². The van der Waals surface area contributed by atoms with Gasteiger partial charge in [-0.3, -0.25) is 4.57 Å². The molecular formula is C15H28NO5P. The minimum atomic E-state index is -3.73. The van der Waals surface area contributed by atoms with Crippen LogP contribution in [0.25, 0.3) is 0 Å². The summed E-state index contributed by atoms with van der Waals surface area (Å²) in [7, 11) is -3.73. The van der Waals surface area contributed by atoms with Crippen LogP contribution in [0.1, 0.15) is 53.4 Å². The maximum atomic E-state index is 12.6. The summed E-state index contributed by atoms with van der Waals surface area (Å²) in [6.07, 6.45) is 3.40. The van der Waals surface area contributed by atoms with E-state index in [2.05, 4.69) is 0 Å². The summed E-state index contributed by atoms with van der Waals surface area (Å²) in [5.41, 5.74) is -1.37. The fraction of sp³-hybridized carbons (Fsp3) is 0.933. The van der Waals surface area contributed by atoms with E-state index in [1.54, 1.807) is 11.8 Å². The Kier molecular flexibility index (Phi) is 4.96. The summed E-state index contributed by atoms with van der Waals surface area (Å²) in [5, 5.41) is 0. The van der Waals surface area contributed by atoms with E-state index in [1.807, 2.05) is 20.8 Å². The molecule has 1 spiro atoms. The number of ether oxygens (including phenoxy) is 1. The molecule has 128 valence electrons. The van der Waals surface area contributed by atoms with Gasteiger partial charge in [-0.15, -0.1) is 0 Å². The molecule has 1 aliphatic heterocycles. The smallest absolute Gasteiger partial charge is 0.410 e. The van der Waals surface area contributed by atoms with E-state index in [0.717, 1.165) is 25.7 Å². The van der Waals surface area contributed by atoms with E-state index >= 15 is 0 Å². The molecule has 2 fully saturated rings. The lowest BCUT2D eigenvalue weighted by Crippen LogP contribution is -2.36. The van der Waals surface area contributed by atoms with E-state index in [4.69, 9.17) is 9.26 Å². The minimum Gasteiger partial charge on any atom is -0.444 e. The van der Waals surface area contributed by atoms with E-state index in [0.29, 0.717) is 6.54 Å². The Morgan fingerprint density at radius 3 is 2.45 bits per heavy atom. The average Bonchev–Trinajstić information content (AvgIpc) is 2.96. The molecule has 7 heteroatoms. The van der Waals surface area contributed by atoms with Crippen molar-refractivity contribution in [3.63, 3.8) is 0 Å². The molecule has 0 aromatic carbocycles. The van der Waals surface area contributed by atoms with Crippen molar-refractivity contribution in [3.8, 4) is 0 Å². The molecule has 1 N–H and O–H groups in total. The first kappa shape index (κ1) is 17.8. The topological polar surface area (TPSA) is 76.1 Å². The second-order valence-corrected chi connectivity index (χ2v) is 9.44. The van der Waals surface area contributed by atoms with Gasteiger partial charge in [-0.2, -0.15) is 0 Å². The van der Waals surface area contributed by atoms with Crippen LogP contribution in [0, 0.1) is 5.41 Å². The van der Waals surface area contributed by atoms with Gasteiger partial charge < -0.3 is 19.1 Å². The molecule has 1 heterocycles. The van der Waals surface area contributed by atoms with Crippen LogP contribution in [0.4, 0.5) is 4.79 Å². The molecule has 0 bridgehead atoms. The summed E-state index contributed by atoms with van der Waals surface area (Å²) in [4.78, 5) is 24.2. The summed E-state index contributed by atoms with van der Waals surface area (Å²) in [6.45, 7) is 8.10. The van der Waals surface area contributed by atoms with Crippen LogP contribution in [-0.4, -0.2) is 46.8 Å². The summed E-state index contributed by atoms with van der Waals surface area (Å²) in [6, 6.07) is 0. The number of amides is 1. The Hall–Kier alpha value is -0.580. The lowest BCUT2D eigenvalue weighted by Gasteiger charge is -2.31. The Balaban J connectivity index is 2.19. The molecule has 2 atom stereocenters. The highest BCUT2D eigenvalue weighted by atomic mass is 31.2. The average molecular weight is 333 g/mol. The van der Waals surface area contributed by atoms with Gasteiger partial charge in [-0.05, 0) is 40.5 Å². The van der Waals surface area contributed by atoms with Crippen molar-refractivity contribution in [3.05, 3.63) is 0 Å². The molecule has 0 aromatic rings. The van der Waals surface area contributed by atoms with Crippen LogP contribution in [0.5, 0.6) is 0 Å². The van der Waals surface area contributed by atoms with Crippen LogP contribution in [0.3, 0.4) is 0 Å². The predicted molar refractivity (Wildman–Crippen MR) is 83.9 cm³/mol. The van der Waals surface area contributed by atoms with Gasteiger partial charge in [0.2, 0.25) is 0 Å². The van der Waals surface area contributed by atoms with Gasteiger partial charge >= 0.3 is 13.7 Å². The first-order valence-electron chi connectivity index (χ1n) is 8.05. The maximum absolute atomic E-state index is 12.6. The zero-order valence-corrected chi connectivity index (χ0v) is 14.9. The van der Waals surface area contributed by atoms with Gasteiger partial charge in [0.05, 0.1) is 12.3 Å². The summed E-state index contributed by atoms with van der Waals surface area (Å²) < 4.78 is 23.2. The van der Waals surface area contributed by atoms with Gasteiger partial charge in [0.1, 0.15) is 5.60 Å². The summed E-state index contributed by atoms with van der Waals surface area (Å²) >= 11 is 0. The number of carbonyl (C=O) groups is 1. The SMILES string of the molecule is CCOP(=O)(O)C1CN(C(=O)OC(C)(C)C)CC12CCCC2. The Morgan fingerprint density at radius 2 is 1.95 bits per heavy atom. The third-order valence-electron chi connectivity index (χ3n) is 4.56. The number of likely N-dealkylation sites (tertiary alicyclic amines) is 1. The summed E-state index contributed by atoms with van der Waals surface area (Å²) in [5.74, 6) is 0. The van der Waals surface area contributed by atoms with Crippen molar-refractivity contribution in [2.24, 2.45) is 5.41 Å². The standard InChI is InChI=1S/C15H28NO5P/c1-5-20-22(18,19)12-10-16(13(17)21-14(2,3)4)11-15(12)8-6-7-9-15/h12H,5-11H2,1-4H3,(H,18,19). The monoisotopic (exact) mass is 333 g/mol. The molecule has 1 saturated carbocycles. The molecular weight excluding hydrogens is 305 g/mol. The quantitative estimate of drug-likeness (QED) is 0.801. The number of nitrogens with zero attached hydrogens (tertiary/aromatic N) is 1. The maximum Gasteiger partial charge on any atom is 0.410 e. The lowest BCUT2D eigenvalue weighted by molar-refractivity contribution is 0.0273. The van der Waals surface area contributed by atoms with Crippen molar-refractivity contribution in [1.82, 2.24) is 4.90 Å². The van der Waals surface area contributed by atoms with Gasteiger partial charge in [-0.25, -0.2) is 4.79 Å². The van der Waals surface area contributed by atoms with Crippen LogP contribution in [-0.2, 0) is 13.8 Å². The fourth-order valence-electron chi connectivity index (χ4n) is 3.71. The first-order valence-corrected chi connectivity index (χ1v) is 9.69. The second kappa shape index (κ2) is 6.14. The van der Waals surface area contributed by atoms with Crippen molar-refractivity contribution in [2.45, 2.75) is 64.6 Å². The number of carbonyl (C=O) groups excluding carboxylic acids is 1.